The fraction of sp³-hybridized carbons (Fsp3) is 0.867. The number of hydrogen-bond acceptors (Lipinski definition) is 4. The van der Waals surface area contributed by atoms with Crippen molar-refractivity contribution in [1.82, 2.24) is 9.80 Å². The van der Waals surface area contributed by atoms with Gasteiger partial charge in [0, 0.05) is 13.6 Å². The van der Waals surface area contributed by atoms with E-state index in [9.17, 15) is 14.7 Å². The van der Waals surface area contributed by atoms with E-state index in [1.54, 1.807) is 20.8 Å². The highest BCUT2D eigenvalue weighted by Crippen LogP contribution is 2.30. The van der Waals surface area contributed by atoms with Crippen molar-refractivity contribution in [2.45, 2.75) is 58.1 Å². The molecule has 0 saturated carbocycles. The molecule has 1 aliphatic rings. The summed E-state index contributed by atoms with van der Waals surface area (Å²) in [5.41, 5.74) is -1.81. The number of carbonyl (C=O) groups is 2. The van der Waals surface area contributed by atoms with Crippen LogP contribution < -0.4 is 0 Å². The molecule has 0 aromatic rings. The highest BCUT2D eigenvalue weighted by molar-refractivity contribution is 5.84. The van der Waals surface area contributed by atoms with Crippen LogP contribution in [-0.2, 0) is 9.53 Å². The average Bonchev–Trinajstić information content (AvgIpc) is 2.58. The molecule has 1 N–H and O–H groups in total. The topological polar surface area (TPSA) is 70.1 Å². The minimum Gasteiger partial charge on any atom is -0.479 e. The summed E-state index contributed by atoms with van der Waals surface area (Å²) in [7, 11) is 1.53. The van der Waals surface area contributed by atoms with Gasteiger partial charge in [-0.05, 0) is 53.1 Å². The third-order valence-electron chi connectivity index (χ3n) is 4.06. The minimum absolute atomic E-state index is 0.423. The Bertz CT molecular complexity index is 392. The van der Waals surface area contributed by atoms with Gasteiger partial charge in [-0.3, -0.25) is 4.90 Å². The van der Waals surface area contributed by atoms with E-state index in [0.29, 0.717) is 19.4 Å². The van der Waals surface area contributed by atoms with E-state index < -0.39 is 23.2 Å². The van der Waals surface area contributed by atoms with Gasteiger partial charge >= 0.3 is 12.1 Å². The van der Waals surface area contributed by atoms with Gasteiger partial charge in [0.1, 0.15) is 11.1 Å². The highest BCUT2D eigenvalue weighted by atomic mass is 16.6. The number of rotatable bonds is 3. The molecule has 6 nitrogen and oxygen atoms in total. The van der Waals surface area contributed by atoms with E-state index in [4.69, 9.17) is 4.74 Å². The molecule has 0 aromatic carbocycles. The van der Waals surface area contributed by atoms with Crippen molar-refractivity contribution >= 4 is 12.1 Å². The van der Waals surface area contributed by atoms with Gasteiger partial charge in [0.05, 0.1) is 0 Å². The van der Waals surface area contributed by atoms with Crippen LogP contribution in [0.4, 0.5) is 4.79 Å². The van der Waals surface area contributed by atoms with Crippen molar-refractivity contribution in [3.63, 3.8) is 0 Å². The molecule has 122 valence electrons. The number of ether oxygens (including phenoxy) is 1. The van der Waals surface area contributed by atoms with E-state index in [1.165, 1.54) is 11.9 Å². The quantitative estimate of drug-likeness (QED) is 0.865. The van der Waals surface area contributed by atoms with Crippen LogP contribution in [0.2, 0.25) is 0 Å². The lowest BCUT2D eigenvalue weighted by molar-refractivity contribution is -0.151. The number of hydrogen-bond donors (Lipinski definition) is 1. The van der Waals surface area contributed by atoms with E-state index >= 15 is 0 Å². The number of carbonyl (C=O) groups excluding carboxylic acids is 1. The molecule has 1 atom stereocenters. The largest absolute Gasteiger partial charge is 0.479 e. The SMILES string of the molecule is CCN1CCCC(C(=O)O)(N(C)C(=O)OC(C)(C)C)CC1. The van der Waals surface area contributed by atoms with Crippen molar-refractivity contribution in [2.75, 3.05) is 26.7 Å². The number of likely N-dealkylation sites (tertiary alicyclic amines) is 1. The van der Waals surface area contributed by atoms with E-state index in [2.05, 4.69) is 11.8 Å². The molecule has 6 heteroatoms. The number of aliphatic carboxylic acids is 1. The molecule has 21 heavy (non-hydrogen) atoms. The summed E-state index contributed by atoms with van der Waals surface area (Å²) in [6.45, 7) is 9.83. The Kier molecular flexibility index (Phi) is 5.61. The number of carboxylic acid groups (broad SMARTS) is 1. The summed E-state index contributed by atoms with van der Waals surface area (Å²) < 4.78 is 5.33. The van der Waals surface area contributed by atoms with Crippen molar-refractivity contribution < 1.29 is 19.4 Å². The van der Waals surface area contributed by atoms with Crippen LogP contribution >= 0.6 is 0 Å². The monoisotopic (exact) mass is 300 g/mol. The molecule has 0 spiro atoms. The van der Waals surface area contributed by atoms with Crippen LogP contribution in [0.15, 0.2) is 0 Å². The molecule has 1 fully saturated rings. The molecule has 1 saturated heterocycles. The summed E-state index contributed by atoms with van der Waals surface area (Å²) in [5, 5.41) is 9.72. The predicted octanol–water partition coefficient (Wildman–Crippen LogP) is 2.18. The van der Waals surface area contributed by atoms with Gasteiger partial charge in [-0.25, -0.2) is 9.59 Å². The molecule has 0 bridgehead atoms. The summed E-state index contributed by atoms with van der Waals surface area (Å²) in [5.74, 6) is -0.950. The van der Waals surface area contributed by atoms with Gasteiger partial charge in [0.25, 0.3) is 0 Å². The van der Waals surface area contributed by atoms with Gasteiger partial charge in [-0.2, -0.15) is 0 Å². The minimum atomic E-state index is -1.17. The first kappa shape index (κ1) is 17.8. The fourth-order valence-corrected chi connectivity index (χ4v) is 2.69. The predicted molar refractivity (Wildman–Crippen MR) is 80.3 cm³/mol. The Balaban J connectivity index is 2.94. The number of amides is 1. The Morgan fingerprint density at radius 2 is 1.90 bits per heavy atom. The smallest absolute Gasteiger partial charge is 0.410 e. The zero-order valence-electron chi connectivity index (χ0n) is 13.8. The maximum Gasteiger partial charge on any atom is 0.410 e. The van der Waals surface area contributed by atoms with Crippen LogP contribution in [0.3, 0.4) is 0 Å². The zero-order chi connectivity index (χ0) is 16.3. The lowest BCUT2D eigenvalue weighted by Gasteiger charge is -2.38. The zero-order valence-corrected chi connectivity index (χ0v) is 13.8. The van der Waals surface area contributed by atoms with Crippen LogP contribution in [-0.4, -0.2) is 64.8 Å². The second kappa shape index (κ2) is 6.64. The number of nitrogens with zero attached hydrogens (tertiary/aromatic N) is 2. The molecular weight excluding hydrogens is 272 g/mol. The second-order valence-corrected chi connectivity index (χ2v) is 6.66. The lowest BCUT2D eigenvalue weighted by Crippen LogP contribution is -2.56. The van der Waals surface area contributed by atoms with Gasteiger partial charge in [-0.1, -0.05) is 6.92 Å². The summed E-state index contributed by atoms with van der Waals surface area (Å²) in [4.78, 5) is 27.6. The molecule has 1 unspecified atom stereocenters. The van der Waals surface area contributed by atoms with Crippen LogP contribution in [0.1, 0.15) is 47.0 Å². The first-order valence-electron chi connectivity index (χ1n) is 7.55. The Hall–Kier alpha value is -1.30. The standard InChI is InChI=1S/C15H28N2O4/c1-6-17-10-7-8-15(9-11-17,12(18)19)16(5)13(20)21-14(2,3)4/h6-11H2,1-5H3,(H,18,19). The van der Waals surface area contributed by atoms with Crippen molar-refractivity contribution in [1.29, 1.82) is 0 Å². The molecular formula is C15H28N2O4. The Labute approximate surface area is 127 Å². The molecule has 0 radical (unpaired) electrons. The normalized spacial score (nSPS) is 24.2. The van der Waals surface area contributed by atoms with Gasteiger partial charge < -0.3 is 14.7 Å². The van der Waals surface area contributed by atoms with Crippen LogP contribution in [0.25, 0.3) is 0 Å². The number of likely N-dealkylation sites (N-methyl/N-ethyl adjacent to an activating group) is 1. The molecule has 1 heterocycles. The first-order chi connectivity index (χ1) is 9.62. The molecule has 0 aliphatic carbocycles. The molecule has 0 aromatic heterocycles. The maximum atomic E-state index is 12.3. The third-order valence-corrected chi connectivity index (χ3v) is 4.06. The molecule has 1 rings (SSSR count). The molecule has 1 aliphatic heterocycles. The molecule has 1 amide bonds. The fourth-order valence-electron chi connectivity index (χ4n) is 2.69. The Morgan fingerprint density at radius 1 is 1.29 bits per heavy atom. The van der Waals surface area contributed by atoms with Crippen molar-refractivity contribution in [3.8, 4) is 0 Å². The van der Waals surface area contributed by atoms with Gasteiger partial charge in [0.2, 0.25) is 0 Å². The summed E-state index contributed by atoms with van der Waals surface area (Å²) in [6, 6.07) is 0. The van der Waals surface area contributed by atoms with E-state index in [0.717, 1.165) is 19.5 Å². The third kappa shape index (κ3) is 4.33. The van der Waals surface area contributed by atoms with Gasteiger partial charge in [0.15, 0.2) is 0 Å². The second-order valence-electron chi connectivity index (χ2n) is 6.66. The van der Waals surface area contributed by atoms with Gasteiger partial charge in [-0.15, -0.1) is 0 Å². The van der Waals surface area contributed by atoms with Crippen LogP contribution in [0.5, 0.6) is 0 Å². The Morgan fingerprint density at radius 3 is 2.38 bits per heavy atom. The number of carboxylic acids is 1. The van der Waals surface area contributed by atoms with E-state index in [-0.39, 0.29) is 0 Å². The van der Waals surface area contributed by atoms with Crippen molar-refractivity contribution in [3.05, 3.63) is 0 Å². The summed E-state index contributed by atoms with van der Waals surface area (Å²) in [6.07, 6.45) is 1.06. The van der Waals surface area contributed by atoms with E-state index in [1.807, 2.05) is 0 Å². The van der Waals surface area contributed by atoms with Crippen molar-refractivity contribution in [2.24, 2.45) is 0 Å². The first-order valence-corrected chi connectivity index (χ1v) is 7.55. The lowest BCUT2D eigenvalue weighted by atomic mass is 9.89. The highest BCUT2D eigenvalue weighted by Gasteiger charge is 2.46. The average molecular weight is 300 g/mol. The van der Waals surface area contributed by atoms with Crippen LogP contribution in [0, 0.1) is 0 Å². The summed E-state index contributed by atoms with van der Waals surface area (Å²) >= 11 is 0. The maximum absolute atomic E-state index is 12.3.